The van der Waals surface area contributed by atoms with E-state index in [1.54, 1.807) is 0 Å². The van der Waals surface area contributed by atoms with Gasteiger partial charge in [0.2, 0.25) is 5.95 Å². The Kier molecular flexibility index (Phi) is 1.38. The lowest BCUT2D eigenvalue weighted by Gasteiger charge is -1.88. The van der Waals surface area contributed by atoms with Crippen molar-refractivity contribution >= 4 is 0 Å². The number of nitrogens with zero attached hydrogens (tertiary/aromatic N) is 1. The largest absolute Gasteiger partial charge is 0.225 e. The van der Waals surface area contributed by atoms with E-state index >= 15 is 0 Å². The molecule has 1 aromatic heterocycles. The van der Waals surface area contributed by atoms with Gasteiger partial charge in [-0.2, -0.15) is 4.39 Å². The Bertz CT molecular complexity index is 223. The SMILES string of the molecule is Fc1cc(F)c(F)cn1. The quantitative estimate of drug-likeness (QED) is 0.488. The summed E-state index contributed by atoms with van der Waals surface area (Å²) in [7, 11) is 0. The summed E-state index contributed by atoms with van der Waals surface area (Å²) in [5.41, 5.74) is 0. The molecule has 48 valence electrons. The molecular formula is C5H2F3N. The second kappa shape index (κ2) is 2.05. The van der Waals surface area contributed by atoms with Gasteiger partial charge in [-0.05, 0) is 0 Å². The van der Waals surface area contributed by atoms with Crippen LogP contribution in [0.15, 0.2) is 12.3 Å². The summed E-state index contributed by atoms with van der Waals surface area (Å²) < 4.78 is 35.6. The summed E-state index contributed by atoms with van der Waals surface area (Å²) >= 11 is 0. The van der Waals surface area contributed by atoms with Gasteiger partial charge in [0.05, 0.1) is 6.20 Å². The molecule has 1 nitrogen and oxygen atoms in total. The number of halogens is 3. The van der Waals surface area contributed by atoms with Gasteiger partial charge in [0, 0.05) is 6.07 Å². The van der Waals surface area contributed by atoms with E-state index in [-0.39, 0.29) is 0 Å². The minimum Gasteiger partial charge on any atom is -0.225 e. The van der Waals surface area contributed by atoms with Crippen LogP contribution >= 0.6 is 0 Å². The van der Waals surface area contributed by atoms with Crippen LogP contribution in [-0.2, 0) is 0 Å². The summed E-state index contributed by atoms with van der Waals surface area (Å²) in [4.78, 5) is 2.86. The normalized spacial score (nSPS) is 9.67. The van der Waals surface area contributed by atoms with Gasteiger partial charge in [-0.25, -0.2) is 13.8 Å². The van der Waals surface area contributed by atoms with Crippen LogP contribution in [0.1, 0.15) is 0 Å². The average molecular weight is 133 g/mol. The maximum atomic E-state index is 11.9. The van der Waals surface area contributed by atoms with Crippen LogP contribution in [0.2, 0.25) is 0 Å². The van der Waals surface area contributed by atoms with E-state index in [4.69, 9.17) is 0 Å². The van der Waals surface area contributed by atoms with Crippen LogP contribution in [0.5, 0.6) is 0 Å². The molecule has 0 spiro atoms. The van der Waals surface area contributed by atoms with E-state index in [1.807, 2.05) is 0 Å². The van der Waals surface area contributed by atoms with Crippen LogP contribution in [0, 0.1) is 17.6 Å². The Hall–Kier alpha value is -1.06. The lowest BCUT2D eigenvalue weighted by atomic mass is 10.4. The molecule has 1 heterocycles. The van der Waals surface area contributed by atoms with Crippen molar-refractivity contribution in [1.82, 2.24) is 4.98 Å². The van der Waals surface area contributed by atoms with E-state index in [9.17, 15) is 13.2 Å². The number of pyridine rings is 1. The van der Waals surface area contributed by atoms with Crippen LogP contribution in [-0.4, -0.2) is 4.98 Å². The highest BCUT2D eigenvalue weighted by molar-refractivity contribution is 4.98. The van der Waals surface area contributed by atoms with Crippen LogP contribution in [0.3, 0.4) is 0 Å². The summed E-state index contributed by atoms with van der Waals surface area (Å²) in [6.07, 6.45) is 0.491. The first kappa shape index (κ1) is 6.07. The topological polar surface area (TPSA) is 12.9 Å². The van der Waals surface area contributed by atoms with Crippen LogP contribution in [0.4, 0.5) is 13.2 Å². The molecule has 0 aliphatic heterocycles. The number of hydrogen-bond donors (Lipinski definition) is 0. The zero-order valence-corrected chi connectivity index (χ0v) is 4.24. The molecule has 0 saturated carbocycles. The fourth-order valence-corrected chi connectivity index (χ4v) is 0.391. The molecule has 0 aliphatic rings. The number of aromatic nitrogens is 1. The van der Waals surface area contributed by atoms with Gasteiger partial charge in [-0.3, -0.25) is 0 Å². The first-order valence-electron chi connectivity index (χ1n) is 2.16. The van der Waals surface area contributed by atoms with Crippen molar-refractivity contribution in [3.8, 4) is 0 Å². The Balaban J connectivity index is 3.17. The van der Waals surface area contributed by atoms with Gasteiger partial charge in [-0.15, -0.1) is 0 Å². The Morgan fingerprint density at radius 2 is 1.78 bits per heavy atom. The van der Waals surface area contributed by atoms with Gasteiger partial charge in [0.25, 0.3) is 0 Å². The molecule has 0 radical (unpaired) electrons. The summed E-state index contributed by atoms with van der Waals surface area (Å²) in [5, 5.41) is 0. The third-order valence-electron chi connectivity index (χ3n) is 0.775. The highest BCUT2D eigenvalue weighted by atomic mass is 19.2. The maximum Gasteiger partial charge on any atom is 0.215 e. The van der Waals surface area contributed by atoms with E-state index in [1.165, 1.54) is 0 Å². The molecule has 0 aromatic carbocycles. The second-order valence-corrected chi connectivity index (χ2v) is 1.42. The molecule has 0 bridgehead atoms. The van der Waals surface area contributed by atoms with E-state index in [0.717, 1.165) is 0 Å². The minimum atomic E-state index is -1.22. The Labute approximate surface area is 49.1 Å². The van der Waals surface area contributed by atoms with Crippen molar-refractivity contribution in [2.24, 2.45) is 0 Å². The zero-order chi connectivity index (χ0) is 6.85. The predicted molar refractivity (Wildman–Crippen MR) is 24.1 cm³/mol. The van der Waals surface area contributed by atoms with Crippen molar-refractivity contribution in [1.29, 1.82) is 0 Å². The minimum absolute atomic E-state index is 0.384. The zero-order valence-electron chi connectivity index (χ0n) is 4.24. The maximum absolute atomic E-state index is 11.9. The van der Waals surface area contributed by atoms with Gasteiger partial charge in [0.15, 0.2) is 11.6 Å². The molecular weight excluding hydrogens is 131 g/mol. The highest BCUT2D eigenvalue weighted by Crippen LogP contribution is 2.02. The predicted octanol–water partition coefficient (Wildman–Crippen LogP) is 1.50. The van der Waals surface area contributed by atoms with Crippen molar-refractivity contribution in [3.63, 3.8) is 0 Å². The molecule has 0 N–H and O–H groups in total. The highest BCUT2D eigenvalue weighted by Gasteiger charge is 2.01. The molecule has 0 aliphatic carbocycles. The van der Waals surface area contributed by atoms with Gasteiger partial charge >= 0.3 is 0 Å². The fourth-order valence-electron chi connectivity index (χ4n) is 0.391. The lowest BCUT2D eigenvalue weighted by Crippen LogP contribution is -1.88. The molecule has 0 amide bonds. The molecule has 0 fully saturated rings. The fraction of sp³-hybridized carbons (Fsp3) is 0. The smallest absolute Gasteiger partial charge is 0.215 e. The van der Waals surface area contributed by atoms with Crippen molar-refractivity contribution in [2.75, 3.05) is 0 Å². The molecule has 0 atom stereocenters. The monoisotopic (exact) mass is 133 g/mol. The van der Waals surface area contributed by atoms with Gasteiger partial charge < -0.3 is 0 Å². The van der Waals surface area contributed by atoms with E-state index in [2.05, 4.69) is 4.98 Å². The molecule has 1 rings (SSSR count). The second-order valence-electron chi connectivity index (χ2n) is 1.42. The summed E-state index contributed by atoms with van der Waals surface area (Å²) in [6.45, 7) is 0. The standard InChI is InChI=1S/C5H2F3N/c6-3-1-5(8)9-2-4(3)7/h1-2H. The first-order chi connectivity index (χ1) is 4.20. The summed E-state index contributed by atoms with van der Waals surface area (Å²) in [5.74, 6) is -3.38. The third kappa shape index (κ3) is 1.19. The average Bonchev–Trinajstić information content (AvgIpc) is 1.80. The summed E-state index contributed by atoms with van der Waals surface area (Å²) in [6, 6.07) is 0.384. The molecule has 0 saturated heterocycles. The van der Waals surface area contributed by atoms with Crippen LogP contribution in [0.25, 0.3) is 0 Å². The lowest BCUT2D eigenvalue weighted by molar-refractivity contribution is 0.478. The molecule has 0 unspecified atom stereocenters. The van der Waals surface area contributed by atoms with Gasteiger partial charge in [-0.1, -0.05) is 0 Å². The third-order valence-corrected chi connectivity index (χ3v) is 0.775. The van der Waals surface area contributed by atoms with Gasteiger partial charge in [0.1, 0.15) is 0 Å². The molecule has 9 heavy (non-hydrogen) atoms. The molecule has 1 aromatic rings. The first-order valence-corrected chi connectivity index (χ1v) is 2.16. The Morgan fingerprint density at radius 1 is 1.11 bits per heavy atom. The van der Waals surface area contributed by atoms with E-state index in [0.29, 0.717) is 12.3 Å². The number of rotatable bonds is 0. The van der Waals surface area contributed by atoms with Crippen LogP contribution < -0.4 is 0 Å². The Morgan fingerprint density at radius 3 is 2.22 bits per heavy atom. The number of hydrogen-bond acceptors (Lipinski definition) is 1. The van der Waals surface area contributed by atoms with Crippen molar-refractivity contribution < 1.29 is 13.2 Å². The van der Waals surface area contributed by atoms with E-state index < -0.39 is 17.6 Å². The van der Waals surface area contributed by atoms with Crippen molar-refractivity contribution in [3.05, 3.63) is 29.8 Å². The molecule has 4 heteroatoms. The van der Waals surface area contributed by atoms with Crippen molar-refractivity contribution in [2.45, 2.75) is 0 Å².